The van der Waals surface area contributed by atoms with E-state index in [0.29, 0.717) is 0 Å². The van der Waals surface area contributed by atoms with Crippen LogP contribution in [0.15, 0.2) is 206 Å². The highest BCUT2D eigenvalue weighted by Gasteiger charge is 2.45. The van der Waals surface area contributed by atoms with Crippen molar-refractivity contribution in [3.63, 3.8) is 0 Å². The van der Waals surface area contributed by atoms with Crippen LogP contribution in [0.4, 0.5) is 34.1 Å². The van der Waals surface area contributed by atoms with Gasteiger partial charge in [-0.2, -0.15) is 0 Å². The van der Waals surface area contributed by atoms with Gasteiger partial charge in [-0.1, -0.05) is 200 Å². The second-order valence-corrected chi connectivity index (χ2v) is 21.3. The van der Waals surface area contributed by atoms with Crippen molar-refractivity contribution in [1.82, 2.24) is 0 Å². The summed E-state index contributed by atoms with van der Waals surface area (Å²) in [5, 5.41) is 2.58. The molecule has 1 spiro atoms. The molecule has 9 aromatic carbocycles. The summed E-state index contributed by atoms with van der Waals surface area (Å²) in [5.41, 5.74) is 20.2. The fraction of sp³-hybridized carbons (Fsp3) is 0.212. The summed E-state index contributed by atoms with van der Waals surface area (Å²) < 4.78 is 0. The first-order valence-corrected chi connectivity index (χ1v) is 24.8. The zero-order valence-corrected chi connectivity index (χ0v) is 40.6. The predicted molar refractivity (Wildman–Crippen MR) is 291 cm³/mol. The summed E-state index contributed by atoms with van der Waals surface area (Å²) in [5.74, 6) is 0. The van der Waals surface area contributed by atoms with E-state index >= 15 is 0 Å². The Morgan fingerprint density at radius 3 is 1.37 bits per heavy atom. The zero-order chi connectivity index (χ0) is 46.6. The van der Waals surface area contributed by atoms with Gasteiger partial charge in [0.1, 0.15) is 0 Å². The standard InChI is InChI=1S/C66H62N2/c1-64(2,3)50-28-20-32-54(42-50)67(52-30-18-26-48(40-52)46-22-10-7-11-23-46)56-36-37-59-60(44-56)66(38-16-9-17-39-66)61-45-62(57-34-14-15-35-58(57)63(59)61)68(55-33-21-29-51(43-55)65(4,5)6)53-31-19-27-49(41-53)47-24-12-8-13-25-47/h7-8,10-15,18-37,40-45H,9,16-17,38-39H2,1-6H3. The minimum atomic E-state index is -0.132. The van der Waals surface area contributed by atoms with Gasteiger partial charge in [0.25, 0.3) is 0 Å². The molecule has 0 radical (unpaired) electrons. The van der Waals surface area contributed by atoms with Gasteiger partial charge in [0.15, 0.2) is 0 Å². The Bertz CT molecular complexity index is 3290. The predicted octanol–water partition coefficient (Wildman–Crippen LogP) is 18.9. The molecule has 2 heteroatoms. The molecule has 2 aliphatic rings. The maximum atomic E-state index is 2.62. The van der Waals surface area contributed by atoms with E-state index in [4.69, 9.17) is 0 Å². The van der Waals surface area contributed by atoms with Gasteiger partial charge < -0.3 is 9.80 Å². The third-order valence-corrected chi connectivity index (χ3v) is 14.9. The molecule has 0 saturated heterocycles. The molecule has 336 valence electrons. The highest BCUT2D eigenvalue weighted by Crippen LogP contribution is 2.60. The SMILES string of the molecule is CC(C)(C)c1cccc(N(c2cccc(-c3ccccc3)c2)c2ccc3c(c2)C2(CCCCC2)c2cc(N(c4cccc(-c5ccccc5)c4)c4cccc(C(C)(C)C)c4)c4ccccc4c2-3)c1. The second kappa shape index (κ2) is 17.2. The third kappa shape index (κ3) is 7.80. The van der Waals surface area contributed by atoms with Crippen LogP contribution in [0, 0.1) is 0 Å². The van der Waals surface area contributed by atoms with Gasteiger partial charge in [-0.15, -0.1) is 0 Å². The minimum absolute atomic E-state index is 0.00285. The molecule has 68 heavy (non-hydrogen) atoms. The van der Waals surface area contributed by atoms with Crippen molar-refractivity contribution >= 4 is 44.9 Å². The second-order valence-electron chi connectivity index (χ2n) is 21.3. The minimum Gasteiger partial charge on any atom is -0.310 e. The Kier molecular flexibility index (Phi) is 11.0. The van der Waals surface area contributed by atoms with Gasteiger partial charge in [0.05, 0.1) is 5.69 Å². The van der Waals surface area contributed by atoms with E-state index < -0.39 is 0 Å². The third-order valence-electron chi connectivity index (χ3n) is 14.9. The van der Waals surface area contributed by atoms with Crippen LogP contribution < -0.4 is 9.80 Å². The maximum absolute atomic E-state index is 2.62. The number of benzene rings is 9. The highest BCUT2D eigenvalue weighted by atomic mass is 15.1. The van der Waals surface area contributed by atoms with Gasteiger partial charge in [0.2, 0.25) is 0 Å². The Balaban J connectivity index is 1.14. The van der Waals surface area contributed by atoms with Crippen molar-refractivity contribution < 1.29 is 0 Å². The van der Waals surface area contributed by atoms with Crippen LogP contribution in [0.5, 0.6) is 0 Å². The number of hydrogen-bond acceptors (Lipinski definition) is 2. The summed E-state index contributed by atoms with van der Waals surface area (Å²) in [7, 11) is 0. The van der Waals surface area contributed by atoms with Crippen LogP contribution in [-0.4, -0.2) is 0 Å². The Morgan fingerprint density at radius 2 is 0.809 bits per heavy atom. The first-order valence-electron chi connectivity index (χ1n) is 24.8. The molecular weight excluding hydrogens is 821 g/mol. The molecule has 0 atom stereocenters. The molecule has 0 amide bonds. The molecule has 0 aliphatic heterocycles. The smallest absolute Gasteiger partial charge is 0.0543 e. The number of anilines is 6. The topological polar surface area (TPSA) is 6.48 Å². The lowest BCUT2D eigenvalue weighted by Crippen LogP contribution is -2.28. The van der Waals surface area contributed by atoms with Crippen molar-refractivity contribution in [3.05, 3.63) is 229 Å². The Hall–Kier alpha value is -7.16. The summed E-state index contributed by atoms with van der Waals surface area (Å²) in [6.45, 7) is 13.9. The largest absolute Gasteiger partial charge is 0.310 e. The van der Waals surface area contributed by atoms with Crippen molar-refractivity contribution in [3.8, 4) is 33.4 Å². The molecule has 0 aromatic heterocycles. The van der Waals surface area contributed by atoms with E-state index in [2.05, 4.69) is 258 Å². The lowest BCUT2D eigenvalue weighted by Gasteiger charge is -2.38. The van der Waals surface area contributed by atoms with Crippen LogP contribution in [0.1, 0.15) is 95.9 Å². The average Bonchev–Trinajstić information content (AvgIpc) is 3.62. The summed E-state index contributed by atoms with van der Waals surface area (Å²) in [6.07, 6.45) is 5.93. The van der Waals surface area contributed by atoms with E-state index in [9.17, 15) is 0 Å². The van der Waals surface area contributed by atoms with Crippen LogP contribution >= 0.6 is 0 Å². The number of hydrogen-bond donors (Lipinski definition) is 0. The van der Waals surface area contributed by atoms with E-state index in [1.807, 2.05) is 0 Å². The van der Waals surface area contributed by atoms with Crippen molar-refractivity contribution in [1.29, 1.82) is 0 Å². The van der Waals surface area contributed by atoms with Crippen molar-refractivity contribution in [2.75, 3.05) is 9.80 Å². The van der Waals surface area contributed by atoms with E-state index in [1.54, 1.807) is 0 Å². The average molecular weight is 883 g/mol. The van der Waals surface area contributed by atoms with Crippen LogP contribution in [0.2, 0.25) is 0 Å². The number of nitrogens with zero attached hydrogens (tertiary/aromatic N) is 2. The fourth-order valence-electron chi connectivity index (χ4n) is 11.3. The highest BCUT2D eigenvalue weighted by molar-refractivity contribution is 6.10. The maximum Gasteiger partial charge on any atom is 0.0543 e. The molecule has 1 saturated carbocycles. The molecule has 11 rings (SSSR count). The summed E-state index contributed by atoms with van der Waals surface area (Å²) >= 11 is 0. The number of rotatable bonds is 8. The van der Waals surface area contributed by atoms with Gasteiger partial charge in [0, 0.05) is 39.2 Å². The quantitative estimate of drug-likeness (QED) is 0.150. The summed E-state index contributed by atoms with van der Waals surface area (Å²) in [4.78, 5) is 5.06. The fourth-order valence-corrected chi connectivity index (χ4v) is 11.3. The van der Waals surface area contributed by atoms with Crippen LogP contribution in [0.25, 0.3) is 44.2 Å². The van der Waals surface area contributed by atoms with E-state index in [1.165, 1.54) is 108 Å². The molecule has 2 aliphatic carbocycles. The lowest BCUT2D eigenvalue weighted by atomic mass is 9.67. The molecular formula is C66H62N2. The monoisotopic (exact) mass is 882 g/mol. The van der Waals surface area contributed by atoms with E-state index in [-0.39, 0.29) is 16.2 Å². The first-order chi connectivity index (χ1) is 33.0. The molecule has 0 unspecified atom stereocenters. The van der Waals surface area contributed by atoms with Gasteiger partial charge in [-0.25, -0.2) is 0 Å². The molecule has 1 fully saturated rings. The molecule has 0 heterocycles. The van der Waals surface area contributed by atoms with Crippen molar-refractivity contribution in [2.45, 2.75) is 89.9 Å². The lowest BCUT2D eigenvalue weighted by molar-refractivity contribution is 0.353. The molecule has 2 nitrogen and oxygen atoms in total. The molecule has 0 N–H and O–H groups in total. The Labute approximate surface area is 404 Å². The van der Waals surface area contributed by atoms with Crippen LogP contribution in [-0.2, 0) is 16.2 Å². The zero-order valence-electron chi connectivity index (χ0n) is 40.6. The summed E-state index contributed by atoms with van der Waals surface area (Å²) in [6, 6.07) is 77.6. The van der Waals surface area contributed by atoms with Gasteiger partial charge in [-0.3, -0.25) is 0 Å². The van der Waals surface area contributed by atoms with Crippen molar-refractivity contribution in [2.24, 2.45) is 0 Å². The molecule has 0 bridgehead atoms. The van der Waals surface area contributed by atoms with Gasteiger partial charge in [-0.05, 0) is 151 Å². The normalized spacial score (nSPS) is 14.1. The molecule has 9 aromatic rings. The number of fused-ring (bicyclic) bond motifs is 7. The first kappa shape index (κ1) is 43.4. The van der Waals surface area contributed by atoms with Crippen LogP contribution in [0.3, 0.4) is 0 Å². The van der Waals surface area contributed by atoms with E-state index in [0.717, 1.165) is 24.2 Å². The van der Waals surface area contributed by atoms with Gasteiger partial charge >= 0.3 is 0 Å². The Morgan fingerprint density at radius 1 is 0.353 bits per heavy atom.